The molecule has 0 spiro atoms. The van der Waals surface area contributed by atoms with Crippen LogP contribution in [0.15, 0.2) is 67.1 Å². The van der Waals surface area contributed by atoms with Crippen molar-refractivity contribution in [3.63, 3.8) is 0 Å². The topological polar surface area (TPSA) is 98.7 Å². The van der Waals surface area contributed by atoms with E-state index in [4.69, 9.17) is 5.73 Å². The normalized spacial score (nSPS) is 11.4. The molecule has 3 N–H and O–H groups in total. The quantitative estimate of drug-likeness (QED) is 0.413. The predicted octanol–water partition coefficient (Wildman–Crippen LogP) is 3.93. The van der Waals surface area contributed by atoms with Crippen molar-refractivity contribution in [2.75, 3.05) is 12.3 Å². The smallest absolute Gasteiger partial charge is 0.252 e. The van der Waals surface area contributed by atoms with Gasteiger partial charge in [-0.1, -0.05) is 36.4 Å². The number of nitrogens with two attached hydrogens (primary N) is 1. The number of nitrogens with zero attached hydrogens (tertiary/aromatic N) is 4. The molecule has 31 heavy (non-hydrogen) atoms. The SMILES string of the molecule is Nc1nc2ccccc2c2c1ncn2CCCCNC(=O)c1ccnc2ccccc12. The Labute approximate surface area is 178 Å². The summed E-state index contributed by atoms with van der Waals surface area (Å²) < 4.78 is 2.12. The maximum Gasteiger partial charge on any atom is 0.252 e. The first-order chi connectivity index (χ1) is 15.2. The Kier molecular flexibility index (Phi) is 4.92. The fourth-order valence-corrected chi connectivity index (χ4v) is 3.97. The van der Waals surface area contributed by atoms with E-state index in [1.807, 2.05) is 54.9 Å². The zero-order valence-electron chi connectivity index (χ0n) is 17.0. The number of nitrogens with one attached hydrogen (secondary N) is 1. The molecule has 0 fully saturated rings. The first-order valence-electron chi connectivity index (χ1n) is 10.3. The summed E-state index contributed by atoms with van der Waals surface area (Å²) in [5.74, 6) is 0.376. The largest absolute Gasteiger partial charge is 0.382 e. The molecule has 7 nitrogen and oxygen atoms in total. The van der Waals surface area contributed by atoms with Crippen LogP contribution in [0.3, 0.4) is 0 Å². The maximum atomic E-state index is 12.6. The van der Waals surface area contributed by atoms with Gasteiger partial charge in [-0.3, -0.25) is 9.78 Å². The van der Waals surface area contributed by atoms with E-state index in [1.165, 1.54) is 0 Å². The molecule has 0 atom stereocenters. The van der Waals surface area contributed by atoms with Gasteiger partial charge in [0.25, 0.3) is 5.91 Å². The highest BCUT2D eigenvalue weighted by Crippen LogP contribution is 2.27. The Morgan fingerprint density at radius 2 is 1.71 bits per heavy atom. The minimum atomic E-state index is -0.0727. The maximum absolute atomic E-state index is 12.6. The summed E-state index contributed by atoms with van der Waals surface area (Å²) >= 11 is 0. The van der Waals surface area contributed by atoms with Gasteiger partial charge in [0.05, 0.1) is 28.4 Å². The fraction of sp³-hybridized carbons (Fsp3) is 0.167. The molecular formula is C24H22N6O. The summed E-state index contributed by atoms with van der Waals surface area (Å²) in [6.45, 7) is 1.39. The molecule has 5 rings (SSSR count). The number of rotatable bonds is 6. The highest BCUT2D eigenvalue weighted by molar-refractivity contribution is 6.06. The van der Waals surface area contributed by atoms with Crippen molar-refractivity contribution in [3.8, 4) is 0 Å². The van der Waals surface area contributed by atoms with Gasteiger partial charge in [-0.25, -0.2) is 9.97 Å². The summed E-state index contributed by atoms with van der Waals surface area (Å²) in [4.78, 5) is 25.9. The monoisotopic (exact) mass is 410 g/mol. The lowest BCUT2D eigenvalue weighted by Crippen LogP contribution is -2.24. The highest BCUT2D eigenvalue weighted by Gasteiger charge is 2.12. The van der Waals surface area contributed by atoms with Crippen LogP contribution < -0.4 is 11.1 Å². The number of benzene rings is 2. The van der Waals surface area contributed by atoms with Crippen molar-refractivity contribution in [2.24, 2.45) is 0 Å². The van der Waals surface area contributed by atoms with Crippen LogP contribution in [-0.2, 0) is 6.54 Å². The summed E-state index contributed by atoms with van der Waals surface area (Å²) in [7, 11) is 0. The third-order valence-electron chi connectivity index (χ3n) is 5.49. The Morgan fingerprint density at radius 3 is 2.58 bits per heavy atom. The molecule has 0 bridgehead atoms. The molecule has 3 aromatic heterocycles. The van der Waals surface area contributed by atoms with Gasteiger partial charge in [-0.15, -0.1) is 0 Å². The molecule has 1 amide bonds. The third kappa shape index (κ3) is 3.54. The Bertz CT molecular complexity index is 1400. The molecule has 0 saturated carbocycles. The zero-order chi connectivity index (χ0) is 21.2. The summed E-state index contributed by atoms with van der Waals surface area (Å²) in [5.41, 5.74) is 10.2. The molecular weight excluding hydrogens is 388 g/mol. The van der Waals surface area contributed by atoms with Crippen LogP contribution in [0.2, 0.25) is 0 Å². The van der Waals surface area contributed by atoms with Gasteiger partial charge in [0.1, 0.15) is 5.52 Å². The number of carbonyl (C=O) groups excluding carboxylic acids is 1. The molecule has 0 saturated heterocycles. The van der Waals surface area contributed by atoms with Crippen LogP contribution in [-0.4, -0.2) is 32.0 Å². The Hall–Kier alpha value is -4.00. The first kappa shape index (κ1) is 19.0. The molecule has 154 valence electrons. The van der Waals surface area contributed by atoms with Gasteiger partial charge >= 0.3 is 0 Å². The van der Waals surface area contributed by atoms with E-state index in [1.54, 1.807) is 12.3 Å². The van der Waals surface area contributed by atoms with E-state index in [9.17, 15) is 4.79 Å². The van der Waals surface area contributed by atoms with Gasteiger partial charge in [-0.05, 0) is 31.0 Å². The Balaban J connectivity index is 1.24. The van der Waals surface area contributed by atoms with Crippen LogP contribution in [0.1, 0.15) is 23.2 Å². The number of amides is 1. The second kappa shape index (κ2) is 8.02. The molecule has 0 unspecified atom stereocenters. The number of hydrogen-bond acceptors (Lipinski definition) is 5. The summed E-state index contributed by atoms with van der Waals surface area (Å²) in [5, 5.41) is 4.94. The lowest BCUT2D eigenvalue weighted by Gasteiger charge is -2.09. The van der Waals surface area contributed by atoms with Crippen molar-refractivity contribution in [3.05, 3.63) is 72.7 Å². The average molecular weight is 410 g/mol. The van der Waals surface area contributed by atoms with E-state index in [2.05, 4.69) is 24.8 Å². The molecule has 0 aliphatic heterocycles. The van der Waals surface area contributed by atoms with Crippen LogP contribution in [0.5, 0.6) is 0 Å². The van der Waals surface area contributed by atoms with Crippen LogP contribution in [0, 0.1) is 0 Å². The van der Waals surface area contributed by atoms with Gasteiger partial charge in [0, 0.05) is 30.1 Å². The third-order valence-corrected chi connectivity index (χ3v) is 5.49. The fourth-order valence-electron chi connectivity index (χ4n) is 3.97. The molecule has 2 aromatic carbocycles. The van der Waals surface area contributed by atoms with Crippen molar-refractivity contribution in [1.29, 1.82) is 0 Å². The van der Waals surface area contributed by atoms with Crippen molar-refractivity contribution >= 4 is 44.6 Å². The van der Waals surface area contributed by atoms with Crippen LogP contribution in [0.4, 0.5) is 5.82 Å². The Morgan fingerprint density at radius 1 is 0.935 bits per heavy atom. The minimum Gasteiger partial charge on any atom is -0.382 e. The van der Waals surface area contributed by atoms with E-state index >= 15 is 0 Å². The van der Waals surface area contributed by atoms with Crippen molar-refractivity contribution < 1.29 is 4.79 Å². The molecule has 0 aliphatic rings. The molecule has 3 heterocycles. The zero-order valence-corrected chi connectivity index (χ0v) is 17.0. The number of nitrogen functional groups attached to an aromatic ring is 1. The van der Waals surface area contributed by atoms with E-state index in [-0.39, 0.29) is 5.91 Å². The van der Waals surface area contributed by atoms with Crippen molar-refractivity contribution in [2.45, 2.75) is 19.4 Å². The molecule has 0 aliphatic carbocycles. The molecule has 5 aromatic rings. The standard InChI is InChI=1S/C24H22N6O/c25-23-21-22(18-8-2-4-10-20(18)29-23)30(15-28-21)14-6-5-12-27-24(31)17-11-13-26-19-9-3-1-7-16(17)19/h1-4,7-11,13,15H,5-6,12,14H2,(H2,25,29)(H,27,31). The van der Waals surface area contributed by atoms with Gasteiger partial charge in [0.2, 0.25) is 0 Å². The summed E-state index contributed by atoms with van der Waals surface area (Å²) in [6.07, 6.45) is 5.25. The number of para-hydroxylation sites is 2. The second-order valence-electron chi connectivity index (χ2n) is 7.49. The van der Waals surface area contributed by atoms with Crippen LogP contribution in [0.25, 0.3) is 32.8 Å². The minimum absolute atomic E-state index is 0.0727. The molecule has 7 heteroatoms. The van der Waals surface area contributed by atoms with Gasteiger partial charge in [-0.2, -0.15) is 0 Å². The second-order valence-corrected chi connectivity index (χ2v) is 7.49. The highest BCUT2D eigenvalue weighted by atomic mass is 16.1. The van der Waals surface area contributed by atoms with Gasteiger partial charge < -0.3 is 15.6 Å². The lowest BCUT2D eigenvalue weighted by molar-refractivity contribution is 0.0954. The molecule has 0 radical (unpaired) electrons. The van der Waals surface area contributed by atoms with Gasteiger partial charge in [0.15, 0.2) is 5.82 Å². The number of aromatic nitrogens is 4. The number of aryl methyl sites for hydroxylation is 1. The van der Waals surface area contributed by atoms with Crippen molar-refractivity contribution in [1.82, 2.24) is 24.8 Å². The number of anilines is 1. The van der Waals surface area contributed by atoms with E-state index in [0.717, 1.165) is 52.2 Å². The summed E-state index contributed by atoms with van der Waals surface area (Å²) in [6, 6.07) is 17.4. The first-order valence-corrected chi connectivity index (χ1v) is 10.3. The number of carbonyl (C=O) groups is 1. The number of imidazole rings is 1. The average Bonchev–Trinajstić information content (AvgIpc) is 3.23. The van der Waals surface area contributed by atoms with E-state index < -0.39 is 0 Å². The lowest BCUT2D eigenvalue weighted by atomic mass is 10.1. The number of fused-ring (bicyclic) bond motifs is 4. The number of hydrogen-bond donors (Lipinski definition) is 2. The number of pyridine rings is 2. The predicted molar refractivity (Wildman–Crippen MR) is 123 cm³/mol. The van der Waals surface area contributed by atoms with Crippen LogP contribution >= 0.6 is 0 Å². The number of unbranched alkanes of at least 4 members (excludes halogenated alkanes) is 1. The van der Waals surface area contributed by atoms with E-state index in [0.29, 0.717) is 17.9 Å².